The Hall–Kier alpha value is -7.36. The predicted octanol–water partition coefficient (Wildman–Crippen LogP) is 2.22. The number of hydrogen-bond donors (Lipinski definition) is 8. The van der Waals surface area contributed by atoms with Gasteiger partial charge in [-0.25, -0.2) is 45.5 Å². The first-order chi connectivity index (χ1) is 34.5. The van der Waals surface area contributed by atoms with Gasteiger partial charge < -0.3 is 59.9 Å². The number of hydrogen-bond acceptors (Lipinski definition) is 16. The van der Waals surface area contributed by atoms with E-state index in [1.807, 2.05) is 9.44 Å². The quantitative estimate of drug-likeness (QED) is 0.0317. The molecule has 0 aliphatic rings. The van der Waals surface area contributed by atoms with Crippen molar-refractivity contribution >= 4 is 55.9 Å². The van der Waals surface area contributed by atoms with Gasteiger partial charge in [-0.2, -0.15) is 0 Å². The van der Waals surface area contributed by atoms with Crippen molar-refractivity contribution in [1.82, 2.24) is 30.7 Å². The fourth-order valence-corrected chi connectivity index (χ4v) is 7.72. The topological polar surface area (TPSA) is 339 Å². The average molecular weight is 1050 g/mol. The molecule has 0 saturated carbocycles. The van der Waals surface area contributed by atoms with Gasteiger partial charge in [0.25, 0.3) is 31.9 Å². The number of benzene rings is 4. The summed E-state index contributed by atoms with van der Waals surface area (Å²) in [5.74, 6) is -3.43. The van der Waals surface area contributed by atoms with Crippen LogP contribution in [0, 0.1) is 0 Å². The second kappa shape index (κ2) is 30.4. The Kier molecular flexibility index (Phi) is 24.2. The van der Waals surface area contributed by atoms with Gasteiger partial charge in [-0.3, -0.25) is 9.59 Å². The second-order valence-electron chi connectivity index (χ2n) is 14.8. The SMILES string of the molecule is O=C(NCCCCNC(=O)NCCOCCOCCOc1ccc(S(=O)(=O)NC(=O)c2ccc(C(=O)O)cc2)cc1)NCCOCCOCCOc1ccc(S(=O)(=O)NC(=O)c2ccc(C(=O)O)cc2)cc1. The minimum Gasteiger partial charge on any atom is -0.491 e. The second-order valence-corrected chi connectivity index (χ2v) is 18.2. The molecule has 72 heavy (non-hydrogen) atoms. The van der Waals surface area contributed by atoms with Gasteiger partial charge in [0.05, 0.1) is 73.8 Å². The maximum Gasteiger partial charge on any atom is 0.335 e. The van der Waals surface area contributed by atoms with Gasteiger partial charge in [-0.1, -0.05) is 0 Å². The molecular formula is C46H56N6O18S2. The third kappa shape index (κ3) is 21.3. The molecule has 0 atom stereocenters. The van der Waals surface area contributed by atoms with Crippen molar-refractivity contribution in [2.75, 3.05) is 92.2 Å². The van der Waals surface area contributed by atoms with E-state index in [0.29, 0.717) is 37.4 Å². The van der Waals surface area contributed by atoms with Crippen LogP contribution in [-0.4, -0.2) is 155 Å². The number of ether oxygens (including phenoxy) is 6. The van der Waals surface area contributed by atoms with E-state index >= 15 is 0 Å². The van der Waals surface area contributed by atoms with E-state index < -0.39 is 43.8 Å². The largest absolute Gasteiger partial charge is 0.491 e. The zero-order valence-electron chi connectivity index (χ0n) is 38.8. The third-order valence-electron chi connectivity index (χ3n) is 9.49. The van der Waals surface area contributed by atoms with Crippen molar-refractivity contribution in [1.29, 1.82) is 0 Å². The van der Waals surface area contributed by atoms with E-state index in [1.165, 1.54) is 97.1 Å². The Balaban J connectivity index is 0.885. The predicted molar refractivity (Wildman–Crippen MR) is 255 cm³/mol. The van der Waals surface area contributed by atoms with Gasteiger partial charge in [-0.15, -0.1) is 0 Å². The van der Waals surface area contributed by atoms with Crippen LogP contribution in [0.3, 0.4) is 0 Å². The van der Waals surface area contributed by atoms with Crippen LogP contribution in [0.4, 0.5) is 9.59 Å². The van der Waals surface area contributed by atoms with E-state index in [0.717, 1.165) is 0 Å². The lowest BCUT2D eigenvalue weighted by atomic mass is 10.1. The summed E-state index contributed by atoms with van der Waals surface area (Å²) < 4.78 is 87.3. The summed E-state index contributed by atoms with van der Waals surface area (Å²) in [6.07, 6.45) is 1.27. The molecule has 4 aromatic carbocycles. The van der Waals surface area contributed by atoms with Gasteiger partial charge in [-0.05, 0) is 110 Å². The van der Waals surface area contributed by atoms with E-state index in [9.17, 15) is 45.6 Å². The van der Waals surface area contributed by atoms with Crippen molar-refractivity contribution in [2.45, 2.75) is 22.6 Å². The minimum atomic E-state index is -4.20. The molecule has 6 amide bonds. The summed E-state index contributed by atoms with van der Waals surface area (Å²) in [5.41, 5.74) is -0.134. The van der Waals surface area contributed by atoms with Crippen LogP contribution >= 0.6 is 0 Å². The summed E-state index contributed by atoms with van der Waals surface area (Å²) in [7, 11) is -8.39. The molecule has 0 heterocycles. The number of urea groups is 2. The number of sulfonamides is 2. The number of carbonyl (C=O) groups excluding carboxylic acids is 4. The zero-order chi connectivity index (χ0) is 52.2. The lowest BCUT2D eigenvalue weighted by molar-refractivity contribution is 0.0377. The highest BCUT2D eigenvalue weighted by Crippen LogP contribution is 2.18. The number of carboxylic acid groups (broad SMARTS) is 2. The maximum atomic E-state index is 12.6. The summed E-state index contributed by atoms with van der Waals surface area (Å²) >= 11 is 0. The lowest BCUT2D eigenvalue weighted by Crippen LogP contribution is -2.39. The fourth-order valence-electron chi connectivity index (χ4n) is 5.77. The van der Waals surface area contributed by atoms with Crippen LogP contribution in [0.1, 0.15) is 54.3 Å². The lowest BCUT2D eigenvalue weighted by Gasteiger charge is -2.11. The number of aromatic carboxylic acids is 2. The molecule has 0 unspecified atom stereocenters. The molecule has 0 saturated heterocycles. The van der Waals surface area contributed by atoms with Gasteiger partial charge in [0, 0.05) is 37.3 Å². The van der Waals surface area contributed by atoms with E-state index in [4.69, 9.17) is 38.6 Å². The van der Waals surface area contributed by atoms with Gasteiger partial charge in [0.2, 0.25) is 0 Å². The molecular weight excluding hydrogens is 989 g/mol. The van der Waals surface area contributed by atoms with Crippen molar-refractivity contribution in [3.8, 4) is 11.5 Å². The Labute approximate surface area is 415 Å². The first-order valence-corrected chi connectivity index (χ1v) is 25.1. The van der Waals surface area contributed by atoms with Crippen LogP contribution < -0.4 is 40.2 Å². The highest BCUT2D eigenvalue weighted by atomic mass is 32.2. The number of unbranched alkanes of at least 4 members (excludes halogenated alkanes) is 1. The molecule has 0 aromatic heterocycles. The third-order valence-corrected chi connectivity index (χ3v) is 12.2. The number of amides is 6. The fraction of sp³-hybridized carbons (Fsp3) is 0.348. The first kappa shape index (κ1) is 57.2. The van der Waals surface area contributed by atoms with E-state index in [2.05, 4.69) is 21.3 Å². The Morgan fingerprint density at radius 2 is 0.667 bits per heavy atom. The highest BCUT2D eigenvalue weighted by molar-refractivity contribution is 7.90. The smallest absolute Gasteiger partial charge is 0.335 e. The maximum absolute atomic E-state index is 12.6. The molecule has 0 aliphatic carbocycles. The van der Waals surface area contributed by atoms with Crippen LogP contribution in [0.2, 0.25) is 0 Å². The van der Waals surface area contributed by atoms with E-state index in [1.54, 1.807) is 0 Å². The molecule has 0 aliphatic heterocycles. The molecule has 24 nitrogen and oxygen atoms in total. The molecule has 0 spiro atoms. The number of rotatable bonds is 33. The summed E-state index contributed by atoms with van der Waals surface area (Å²) in [4.78, 5) is 70.3. The van der Waals surface area contributed by atoms with Crippen molar-refractivity contribution < 1.29 is 84.2 Å². The summed E-state index contributed by atoms with van der Waals surface area (Å²) in [5, 5.41) is 28.8. The van der Waals surface area contributed by atoms with E-state index in [-0.39, 0.29) is 123 Å². The number of nitrogens with one attached hydrogen (secondary N) is 6. The summed E-state index contributed by atoms with van der Waals surface area (Å²) in [6.45, 7) is 3.78. The molecule has 0 fully saturated rings. The normalized spacial score (nSPS) is 11.2. The van der Waals surface area contributed by atoms with Gasteiger partial charge in [0.15, 0.2) is 0 Å². The Morgan fingerprint density at radius 1 is 0.375 bits per heavy atom. The highest BCUT2D eigenvalue weighted by Gasteiger charge is 2.21. The standard InChI is InChI=1S/C46H56N6O18S2/c53-41(33-3-7-35(8-4-33)43(55)56)51-71(61,62)39-15-11-37(12-16-39)69-31-29-67-27-25-65-23-21-49-45(59)47-19-1-2-20-48-46(60)50-22-24-66-26-28-68-30-32-70-38-13-17-40(18-14-38)72(63,64)52-42(54)34-5-9-36(10-6-34)44(57)58/h3-18H,1-2,19-32H2,(H,51,53)(H,52,54)(H,55,56)(H,57,58)(H2,47,49,59)(H2,48,50,60). The Bertz CT molecular complexity index is 2420. The zero-order valence-corrected chi connectivity index (χ0v) is 40.4. The molecule has 4 rings (SSSR count). The molecule has 0 radical (unpaired) electrons. The molecule has 0 bridgehead atoms. The molecule has 8 N–H and O–H groups in total. The molecule has 390 valence electrons. The molecule has 26 heteroatoms. The van der Waals surface area contributed by atoms with Gasteiger partial charge >= 0.3 is 24.0 Å². The van der Waals surface area contributed by atoms with Crippen LogP contribution in [-0.2, 0) is 39.0 Å². The Morgan fingerprint density at radius 3 is 1.00 bits per heavy atom. The summed E-state index contributed by atoms with van der Waals surface area (Å²) in [6, 6.07) is 19.7. The number of carbonyl (C=O) groups is 6. The monoisotopic (exact) mass is 1040 g/mol. The van der Waals surface area contributed by atoms with Crippen molar-refractivity contribution in [3.63, 3.8) is 0 Å². The van der Waals surface area contributed by atoms with Crippen molar-refractivity contribution in [2.24, 2.45) is 0 Å². The van der Waals surface area contributed by atoms with Crippen molar-refractivity contribution in [3.05, 3.63) is 119 Å². The van der Waals surface area contributed by atoms with Crippen LogP contribution in [0.25, 0.3) is 0 Å². The average Bonchev–Trinajstić information content (AvgIpc) is 3.36. The van der Waals surface area contributed by atoms with Crippen LogP contribution in [0.5, 0.6) is 11.5 Å². The molecule has 4 aromatic rings. The first-order valence-electron chi connectivity index (χ1n) is 22.1. The van der Waals surface area contributed by atoms with Gasteiger partial charge in [0.1, 0.15) is 24.7 Å². The minimum absolute atomic E-state index is 0.0221. The number of carboxylic acids is 2. The van der Waals surface area contributed by atoms with Crippen LogP contribution in [0.15, 0.2) is 107 Å².